The molecule has 120 valence electrons. The van der Waals surface area contributed by atoms with E-state index in [1.165, 1.54) is 31.9 Å². The molecule has 2 aromatic rings. The van der Waals surface area contributed by atoms with E-state index in [0.717, 1.165) is 24.3 Å². The highest BCUT2D eigenvalue weighted by molar-refractivity contribution is 6.30. The maximum atomic E-state index is 8.84. The molecule has 0 amide bonds. The van der Waals surface area contributed by atoms with E-state index in [0.29, 0.717) is 5.82 Å². The zero-order valence-corrected chi connectivity index (χ0v) is 14.0. The van der Waals surface area contributed by atoms with E-state index >= 15 is 0 Å². The van der Waals surface area contributed by atoms with E-state index in [1.807, 2.05) is 30.3 Å². The number of hydrogen-bond donors (Lipinski definition) is 0. The Bertz CT molecular complexity index is 665. The van der Waals surface area contributed by atoms with Gasteiger partial charge in [0.1, 0.15) is 17.4 Å². The molecule has 0 saturated carbocycles. The van der Waals surface area contributed by atoms with Gasteiger partial charge in [-0.15, -0.1) is 0 Å². The molecule has 0 N–H and O–H groups in total. The molecule has 5 heteroatoms. The Labute approximate surface area is 142 Å². The minimum Gasteiger partial charge on any atom is -0.494 e. The standard InChI is InChI=1S/C18H20ClN3O/c1-2-3-4-5-6-11-23-16-9-7-14(8-10-16)18-21-13-15(12-20)17(19)22-18/h7-10,13H,2-6,11H2,1H3. The zero-order valence-electron chi connectivity index (χ0n) is 13.3. The molecule has 0 saturated heterocycles. The Morgan fingerprint density at radius 2 is 1.87 bits per heavy atom. The summed E-state index contributed by atoms with van der Waals surface area (Å²) in [6, 6.07) is 9.53. The van der Waals surface area contributed by atoms with E-state index < -0.39 is 0 Å². The summed E-state index contributed by atoms with van der Waals surface area (Å²) in [5.41, 5.74) is 1.12. The SMILES string of the molecule is CCCCCCCOc1ccc(-c2ncc(C#N)c(Cl)n2)cc1. The molecule has 0 atom stereocenters. The summed E-state index contributed by atoms with van der Waals surface area (Å²) in [6.07, 6.45) is 7.55. The Hall–Kier alpha value is -2.12. The van der Waals surface area contributed by atoms with Crippen molar-refractivity contribution >= 4 is 11.6 Å². The van der Waals surface area contributed by atoms with Crippen LogP contribution in [-0.4, -0.2) is 16.6 Å². The molecule has 0 unspecified atom stereocenters. The van der Waals surface area contributed by atoms with Crippen molar-refractivity contribution < 1.29 is 4.74 Å². The van der Waals surface area contributed by atoms with Gasteiger partial charge >= 0.3 is 0 Å². The van der Waals surface area contributed by atoms with E-state index in [9.17, 15) is 0 Å². The third kappa shape index (κ3) is 5.22. The predicted octanol–water partition coefficient (Wildman–Crippen LogP) is 5.02. The van der Waals surface area contributed by atoms with Gasteiger partial charge in [0.15, 0.2) is 11.0 Å². The smallest absolute Gasteiger partial charge is 0.160 e. The van der Waals surface area contributed by atoms with Gasteiger partial charge in [0.2, 0.25) is 0 Å². The van der Waals surface area contributed by atoms with Crippen molar-refractivity contribution in [3.05, 3.63) is 41.2 Å². The first-order valence-electron chi connectivity index (χ1n) is 7.90. The molecule has 23 heavy (non-hydrogen) atoms. The highest BCUT2D eigenvalue weighted by Crippen LogP contribution is 2.22. The molecule has 1 aromatic carbocycles. The van der Waals surface area contributed by atoms with Crippen molar-refractivity contribution in [2.24, 2.45) is 0 Å². The maximum absolute atomic E-state index is 8.84. The fourth-order valence-electron chi connectivity index (χ4n) is 2.17. The second-order valence-electron chi connectivity index (χ2n) is 5.30. The molecule has 0 spiro atoms. The minimum absolute atomic E-state index is 0.171. The van der Waals surface area contributed by atoms with Crippen LogP contribution in [0, 0.1) is 11.3 Å². The van der Waals surface area contributed by atoms with Crippen molar-refractivity contribution in [2.75, 3.05) is 6.61 Å². The van der Waals surface area contributed by atoms with Crippen LogP contribution in [0.25, 0.3) is 11.4 Å². The normalized spacial score (nSPS) is 10.3. The number of halogens is 1. The van der Waals surface area contributed by atoms with Crippen molar-refractivity contribution in [2.45, 2.75) is 39.0 Å². The summed E-state index contributed by atoms with van der Waals surface area (Å²) >= 11 is 5.93. The zero-order chi connectivity index (χ0) is 16.5. The topological polar surface area (TPSA) is 58.8 Å². The molecule has 0 aliphatic carbocycles. The fraction of sp³-hybridized carbons (Fsp3) is 0.389. The molecule has 0 fully saturated rings. The van der Waals surface area contributed by atoms with Crippen molar-refractivity contribution in [3.63, 3.8) is 0 Å². The monoisotopic (exact) mass is 329 g/mol. The van der Waals surface area contributed by atoms with Crippen LogP contribution in [0.15, 0.2) is 30.5 Å². The average molecular weight is 330 g/mol. The number of unbranched alkanes of at least 4 members (excludes halogenated alkanes) is 4. The first-order valence-corrected chi connectivity index (χ1v) is 8.28. The molecule has 0 aliphatic rings. The van der Waals surface area contributed by atoms with Crippen LogP contribution in [-0.2, 0) is 0 Å². The molecule has 4 nitrogen and oxygen atoms in total. The number of ether oxygens (including phenoxy) is 1. The summed E-state index contributed by atoms with van der Waals surface area (Å²) in [5.74, 6) is 1.34. The quantitative estimate of drug-likeness (QED) is 0.504. The maximum Gasteiger partial charge on any atom is 0.160 e. The summed E-state index contributed by atoms with van der Waals surface area (Å²) in [4.78, 5) is 8.29. The first-order chi connectivity index (χ1) is 11.2. The van der Waals surface area contributed by atoms with Gasteiger partial charge in [-0.05, 0) is 30.7 Å². The fourth-order valence-corrected chi connectivity index (χ4v) is 2.34. The molecule has 0 bridgehead atoms. The Morgan fingerprint density at radius 1 is 1.13 bits per heavy atom. The molecule has 1 aromatic heterocycles. The van der Waals surface area contributed by atoms with Gasteiger partial charge in [-0.3, -0.25) is 0 Å². The van der Waals surface area contributed by atoms with Gasteiger partial charge in [0, 0.05) is 5.56 Å². The minimum atomic E-state index is 0.171. The summed E-state index contributed by atoms with van der Waals surface area (Å²) in [5, 5.41) is 9.01. The van der Waals surface area contributed by atoms with E-state index in [2.05, 4.69) is 16.9 Å². The van der Waals surface area contributed by atoms with Crippen LogP contribution in [0.4, 0.5) is 0 Å². The molecular weight excluding hydrogens is 310 g/mol. The van der Waals surface area contributed by atoms with Gasteiger partial charge in [0.05, 0.1) is 12.8 Å². The number of hydrogen-bond acceptors (Lipinski definition) is 4. The highest BCUT2D eigenvalue weighted by Gasteiger charge is 2.06. The van der Waals surface area contributed by atoms with Gasteiger partial charge in [-0.25, -0.2) is 9.97 Å². The Morgan fingerprint density at radius 3 is 2.52 bits per heavy atom. The van der Waals surface area contributed by atoms with Crippen molar-refractivity contribution in [1.82, 2.24) is 9.97 Å². The second kappa shape index (κ2) is 9.12. The average Bonchev–Trinajstić information content (AvgIpc) is 2.58. The largest absolute Gasteiger partial charge is 0.494 e. The lowest BCUT2D eigenvalue weighted by molar-refractivity contribution is 0.304. The lowest BCUT2D eigenvalue weighted by Crippen LogP contribution is -1.97. The van der Waals surface area contributed by atoms with E-state index in [1.54, 1.807) is 0 Å². The lowest BCUT2D eigenvalue weighted by atomic mass is 10.2. The van der Waals surface area contributed by atoms with Gasteiger partial charge in [-0.2, -0.15) is 5.26 Å². The van der Waals surface area contributed by atoms with Crippen LogP contribution < -0.4 is 4.74 Å². The van der Waals surface area contributed by atoms with Crippen LogP contribution in [0.5, 0.6) is 5.75 Å². The summed E-state index contributed by atoms with van der Waals surface area (Å²) in [7, 11) is 0. The number of nitrogens with zero attached hydrogens (tertiary/aromatic N) is 3. The predicted molar refractivity (Wildman–Crippen MR) is 91.4 cm³/mol. The van der Waals surface area contributed by atoms with Crippen LogP contribution in [0.1, 0.15) is 44.6 Å². The van der Waals surface area contributed by atoms with Gasteiger partial charge in [0.25, 0.3) is 0 Å². The first kappa shape index (κ1) is 17.2. The van der Waals surface area contributed by atoms with E-state index in [4.69, 9.17) is 21.6 Å². The molecule has 1 heterocycles. The van der Waals surface area contributed by atoms with Gasteiger partial charge < -0.3 is 4.74 Å². The third-order valence-electron chi connectivity index (χ3n) is 3.49. The number of aromatic nitrogens is 2. The molecule has 0 aliphatic heterocycles. The van der Waals surface area contributed by atoms with Gasteiger partial charge in [-0.1, -0.05) is 44.2 Å². The van der Waals surface area contributed by atoms with E-state index in [-0.39, 0.29) is 10.7 Å². The van der Waals surface area contributed by atoms with Crippen LogP contribution in [0.3, 0.4) is 0 Å². The molecule has 0 radical (unpaired) electrons. The third-order valence-corrected chi connectivity index (χ3v) is 3.78. The molecule has 2 rings (SSSR count). The van der Waals surface area contributed by atoms with Crippen molar-refractivity contribution in [3.8, 4) is 23.2 Å². The number of rotatable bonds is 8. The Balaban J connectivity index is 1.89. The van der Waals surface area contributed by atoms with Crippen LogP contribution in [0.2, 0.25) is 5.15 Å². The summed E-state index contributed by atoms with van der Waals surface area (Å²) in [6.45, 7) is 2.95. The lowest BCUT2D eigenvalue weighted by Gasteiger charge is -2.07. The second-order valence-corrected chi connectivity index (χ2v) is 5.65. The molecular formula is C18H20ClN3O. The summed E-state index contributed by atoms with van der Waals surface area (Å²) < 4.78 is 5.73. The Kier molecular flexibility index (Phi) is 6.83. The number of benzene rings is 1. The van der Waals surface area contributed by atoms with Crippen molar-refractivity contribution in [1.29, 1.82) is 5.26 Å². The number of nitriles is 1. The highest BCUT2D eigenvalue weighted by atomic mass is 35.5. The van der Waals surface area contributed by atoms with Crippen LogP contribution >= 0.6 is 11.6 Å².